The highest BCUT2D eigenvalue weighted by molar-refractivity contribution is 7.11. The van der Waals surface area contributed by atoms with Gasteiger partial charge in [-0.1, -0.05) is 27.7 Å². The zero-order valence-electron chi connectivity index (χ0n) is 12.4. The van der Waals surface area contributed by atoms with E-state index in [1.807, 2.05) is 12.3 Å². The molecule has 0 aromatic carbocycles. The molecule has 0 atom stereocenters. The smallest absolute Gasteiger partial charge is 0.148 e. The topological polar surface area (TPSA) is 63.8 Å². The Morgan fingerprint density at radius 1 is 1.25 bits per heavy atom. The van der Waals surface area contributed by atoms with Crippen molar-refractivity contribution in [1.82, 2.24) is 9.36 Å². The van der Waals surface area contributed by atoms with E-state index in [0.717, 1.165) is 21.3 Å². The molecule has 2 heterocycles. The number of nitrogen functional groups attached to an aromatic ring is 1. The first-order valence-electron chi connectivity index (χ1n) is 6.69. The molecule has 4 nitrogen and oxygen atoms in total. The molecule has 0 amide bonds. The first-order valence-corrected chi connectivity index (χ1v) is 8.34. The van der Waals surface area contributed by atoms with Crippen LogP contribution in [0.1, 0.15) is 32.7 Å². The summed E-state index contributed by atoms with van der Waals surface area (Å²) < 4.78 is 4.30. The van der Waals surface area contributed by atoms with E-state index < -0.39 is 0 Å². The first-order chi connectivity index (χ1) is 9.25. The van der Waals surface area contributed by atoms with Crippen molar-refractivity contribution in [3.8, 4) is 11.3 Å². The van der Waals surface area contributed by atoms with Gasteiger partial charge in [-0.15, -0.1) is 11.3 Å². The summed E-state index contributed by atoms with van der Waals surface area (Å²) in [6.07, 6.45) is 0. The minimum Gasteiger partial charge on any atom is -0.382 e. The predicted molar refractivity (Wildman–Crippen MR) is 87.3 cm³/mol. The molecule has 1 aliphatic carbocycles. The van der Waals surface area contributed by atoms with Crippen molar-refractivity contribution in [2.45, 2.75) is 40.7 Å². The Labute approximate surface area is 127 Å². The molecule has 20 heavy (non-hydrogen) atoms. The molecular weight excluding hydrogens is 288 g/mol. The molecule has 1 saturated carbocycles. The first kappa shape index (κ1) is 13.8. The molecule has 2 aromatic rings. The number of anilines is 2. The SMILES string of the molecule is Cc1nc(-c2c(N)nsc2NC2C(C)(C)C2(C)C)cs1. The molecule has 6 heteroatoms. The Hall–Kier alpha value is -1.14. The molecular formula is C14H20N4S2. The standard InChI is InChI=1S/C14H20N4S2/c1-7-16-8(6-19-7)9-10(15)18-20-11(9)17-12-13(2,3)14(12,4)5/h6,12,17H,1-5H3,(H2,15,18). The van der Waals surface area contributed by atoms with Crippen molar-refractivity contribution >= 4 is 33.7 Å². The van der Waals surface area contributed by atoms with Gasteiger partial charge in [-0.2, -0.15) is 4.37 Å². The number of nitrogens with two attached hydrogens (primary N) is 1. The van der Waals surface area contributed by atoms with Crippen molar-refractivity contribution in [2.24, 2.45) is 10.8 Å². The molecule has 0 unspecified atom stereocenters. The summed E-state index contributed by atoms with van der Waals surface area (Å²) in [5.41, 5.74) is 8.48. The monoisotopic (exact) mass is 308 g/mol. The van der Waals surface area contributed by atoms with Crippen LogP contribution in [0.5, 0.6) is 0 Å². The summed E-state index contributed by atoms with van der Waals surface area (Å²) in [4.78, 5) is 4.54. The highest BCUT2D eigenvalue weighted by Gasteiger charge is 2.65. The van der Waals surface area contributed by atoms with Crippen molar-refractivity contribution in [1.29, 1.82) is 0 Å². The lowest BCUT2D eigenvalue weighted by Crippen LogP contribution is -2.09. The van der Waals surface area contributed by atoms with Crippen molar-refractivity contribution in [2.75, 3.05) is 11.1 Å². The van der Waals surface area contributed by atoms with Crippen LogP contribution in [0.3, 0.4) is 0 Å². The van der Waals surface area contributed by atoms with Gasteiger partial charge in [0, 0.05) is 11.4 Å². The highest BCUT2D eigenvalue weighted by Crippen LogP contribution is 2.64. The average molecular weight is 308 g/mol. The summed E-state index contributed by atoms with van der Waals surface area (Å²) in [6, 6.07) is 0.438. The number of thiazole rings is 1. The molecule has 0 saturated heterocycles. The van der Waals surface area contributed by atoms with Crippen LogP contribution in [0.4, 0.5) is 10.8 Å². The normalized spacial score (nSPS) is 20.1. The fourth-order valence-corrected chi connectivity index (χ4v) is 4.17. The van der Waals surface area contributed by atoms with Crippen molar-refractivity contribution < 1.29 is 0 Å². The number of nitrogens with one attached hydrogen (secondary N) is 1. The highest BCUT2D eigenvalue weighted by atomic mass is 32.1. The zero-order valence-corrected chi connectivity index (χ0v) is 14.1. The average Bonchev–Trinajstić information content (AvgIpc) is 2.78. The van der Waals surface area contributed by atoms with Gasteiger partial charge in [0.25, 0.3) is 0 Å². The third kappa shape index (κ3) is 1.85. The maximum atomic E-state index is 6.04. The molecule has 108 valence electrons. The van der Waals surface area contributed by atoms with Crippen LogP contribution in [-0.4, -0.2) is 15.4 Å². The van der Waals surface area contributed by atoms with Gasteiger partial charge >= 0.3 is 0 Å². The summed E-state index contributed by atoms with van der Waals surface area (Å²) in [7, 11) is 0. The van der Waals surface area contributed by atoms with Crippen molar-refractivity contribution in [3.63, 3.8) is 0 Å². The third-order valence-electron chi connectivity index (χ3n) is 4.89. The number of aromatic nitrogens is 2. The maximum absolute atomic E-state index is 6.04. The molecule has 0 radical (unpaired) electrons. The Morgan fingerprint density at radius 2 is 1.90 bits per heavy atom. The van der Waals surface area contributed by atoms with Gasteiger partial charge in [0.15, 0.2) is 0 Å². The Morgan fingerprint density at radius 3 is 2.40 bits per heavy atom. The van der Waals surface area contributed by atoms with E-state index in [0.29, 0.717) is 11.9 Å². The lowest BCUT2D eigenvalue weighted by atomic mass is 10.0. The lowest BCUT2D eigenvalue weighted by molar-refractivity contribution is 0.457. The van der Waals surface area contributed by atoms with E-state index >= 15 is 0 Å². The third-order valence-corrected chi connectivity index (χ3v) is 6.46. The van der Waals surface area contributed by atoms with Gasteiger partial charge in [-0.3, -0.25) is 0 Å². The lowest BCUT2D eigenvalue weighted by Gasteiger charge is -2.07. The van der Waals surface area contributed by atoms with Crippen molar-refractivity contribution in [3.05, 3.63) is 10.4 Å². The molecule has 3 N–H and O–H groups in total. The van der Waals surface area contributed by atoms with Crippen LogP contribution >= 0.6 is 22.9 Å². The molecule has 1 aliphatic rings. The van der Waals surface area contributed by atoms with E-state index in [-0.39, 0.29) is 10.8 Å². The minimum atomic E-state index is 0.279. The second-order valence-corrected chi connectivity index (χ2v) is 8.38. The van der Waals surface area contributed by atoms with E-state index in [1.165, 1.54) is 11.5 Å². The van der Waals surface area contributed by atoms with E-state index in [4.69, 9.17) is 5.73 Å². The number of nitrogens with zero attached hydrogens (tertiary/aromatic N) is 2. The van der Waals surface area contributed by atoms with Gasteiger partial charge in [-0.05, 0) is 29.3 Å². The number of hydrogen-bond donors (Lipinski definition) is 2. The molecule has 2 aromatic heterocycles. The second-order valence-electron chi connectivity index (χ2n) is 6.54. The van der Waals surface area contributed by atoms with Crippen LogP contribution < -0.4 is 11.1 Å². The van der Waals surface area contributed by atoms with E-state index in [2.05, 4.69) is 42.4 Å². The number of rotatable bonds is 3. The van der Waals surface area contributed by atoms with Crippen LogP contribution in [0.25, 0.3) is 11.3 Å². The zero-order chi connectivity index (χ0) is 14.7. The Kier molecular flexibility index (Phi) is 2.89. The molecule has 0 aliphatic heterocycles. The summed E-state index contributed by atoms with van der Waals surface area (Å²) in [5.74, 6) is 0.569. The minimum absolute atomic E-state index is 0.279. The summed E-state index contributed by atoms with van der Waals surface area (Å²) in [5, 5.41) is 7.76. The molecule has 1 fully saturated rings. The van der Waals surface area contributed by atoms with Gasteiger partial charge in [-0.25, -0.2) is 4.98 Å². The largest absolute Gasteiger partial charge is 0.382 e. The second kappa shape index (κ2) is 4.18. The summed E-state index contributed by atoms with van der Waals surface area (Å²) in [6.45, 7) is 11.2. The van der Waals surface area contributed by atoms with Gasteiger partial charge < -0.3 is 11.1 Å². The van der Waals surface area contributed by atoms with Crippen LogP contribution in [0, 0.1) is 17.8 Å². The molecule has 0 spiro atoms. The van der Waals surface area contributed by atoms with Gasteiger partial charge in [0.05, 0.1) is 16.3 Å². The van der Waals surface area contributed by atoms with Crippen LogP contribution in [0.15, 0.2) is 5.38 Å². The molecule has 0 bridgehead atoms. The number of aryl methyl sites for hydroxylation is 1. The van der Waals surface area contributed by atoms with Crippen LogP contribution in [-0.2, 0) is 0 Å². The Balaban J connectivity index is 1.93. The number of hydrogen-bond acceptors (Lipinski definition) is 6. The van der Waals surface area contributed by atoms with E-state index in [9.17, 15) is 0 Å². The fourth-order valence-electron chi connectivity index (χ4n) is 2.82. The predicted octanol–water partition coefficient (Wildman–Crippen LogP) is 4.00. The Bertz CT molecular complexity index is 640. The van der Waals surface area contributed by atoms with Gasteiger partial charge in [0.1, 0.15) is 10.8 Å². The summed E-state index contributed by atoms with van der Waals surface area (Å²) >= 11 is 3.07. The van der Waals surface area contributed by atoms with Gasteiger partial charge in [0.2, 0.25) is 0 Å². The van der Waals surface area contributed by atoms with E-state index in [1.54, 1.807) is 11.3 Å². The fraction of sp³-hybridized carbons (Fsp3) is 0.571. The van der Waals surface area contributed by atoms with Crippen LogP contribution in [0.2, 0.25) is 0 Å². The quantitative estimate of drug-likeness (QED) is 0.899. The maximum Gasteiger partial charge on any atom is 0.148 e. The molecule has 3 rings (SSSR count).